The van der Waals surface area contributed by atoms with Gasteiger partial charge >= 0.3 is 5.97 Å². The molecule has 0 aromatic carbocycles. The minimum atomic E-state index is -1.42. The quantitative estimate of drug-likeness (QED) is 0.341. The monoisotopic (exact) mass is 209 g/mol. The summed E-state index contributed by atoms with van der Waals surface area (Å²) in [5, 5.41) is 20.1. The van der Waals surface area contributed by atoms with Gasteiger partial charge in [0.05, 0.1) is 0 Å². The van der Waals surface area contributed by atoms with Crippen LogP contribution in [-0.4, -0.2) is 34.3 Å². The van der Waals surface area contributed by atoms with Crippen LogP contribution in [0.3, 0.4) is 0 Å². The highest BCUT2D eigenvalue weighted by molar-refractivity contribution is 6.33. The fourth-order valence-electron chi connectivity index (χ4n) is 0.876. The lowest BCUT2D eigenvalue weighted by atomic mass is 10.0. The van der Waals surface area contributed by atoms with E-state index in [1.54, 1.807) is 13.8 Å². The summed E-state index contributed by atoms with van der Waals surface area (Å²) in [4.78, 5) is 9.38. The number of hydrogen-bond acceptors (Lipinski definition) is 3. The Bertz CT molecular complexity index is 175. The molecule has 0 unspecified atom stereocenters. The van der Waals surface area contributed by atoms with Gasteiger partial charge in [-0.1, -0.05) is 25.4 Å². The van der Waals surface area contributed by atoms with Crippen LogP contribution in [-0.2, 0) is 4.79 Å². The van der Waals surface area contributed by atoms with Crippen LogP contribution in [0.5, 0.6) is 0 Å². The number of aliphatic hydroxyl groups excluding tert-OH is 1. The first-order chi connectivity index (χ1) is 5.95. The number of aliphatic carboxylic acids is 1. The molecule has 0 bridgehead atoms. The SMILES string of the molecule is CC(C)[C@](Cl)(NCCCO)C(=O)O. The van der Waals surface area contributed by atoms with E-state index in [9.17, 15) is 4.79 Å². The Morgan fingerprint density at radius 3 is 2.46 bits per heavy atom. The van der Waals surface area contributed by atoms with Crippen LogP contribution in [0.25, 0.3) is 0 Å². The van der Waals surface area contributed by atoms with E-state index in [4.69, 9.17) is 21.8 Å². The molecule has 0 saturated carbocycles. The molecule has 0 rings (SSSR count). The second-order valence-electron chi connectivity index (χ2n) is 3.18. The standard InChI is InChI=1S/C8H16ClNO3/c1-6(2)8(9,7(12)13)10-4-3-5-11/h6,10-11H,3-5H2,1-2H3,(H,12,13)/t8-/m0/s1. The maximum Gasteiger partial charge on any atom is 0.339 e. The number of carboxylic acids is 1. The molecule has 0 spiro atoms. The number of alkyl halides is 1. The molecule has 0 aliphatic carbocycles. The highest BCUT2D eigenvalue weighted by Crippen LogP contribution is 2.22. The summed E-state index contributed by atoms with van der Waals surface area (Å²) < 4.78 is 0. The van der Waals surface area contributed by atoms with E-state index in [0.29, 0.717) is 13.0 Å². The van der Waals surface area contributed by atoms with Gasteiger partial charge in [0.1, 0.15) is 0 Å². The molecule has 0 aromatic heterocycles. The summed E-state index contributed by atoms with van der Waals surface area (Å²) >= 11 is 5.85. The normalized spacial score (nSPS) is 15.8. The minimum absolute atomic E-state index is 0.0255. The predicted molar refractivity (Wildman–Crippen MR) is 50.8 cm³/mol. The molecule has 0 amide bonds. The molecular formula is C8H16ClNO3. The molecule has 0 aliphatic heterocycles. The van der Waals surface area contributed by atoms with Gasteiger partial charge < -0.3 is 10.2 Å². The third kappa shape index (κ3) is 3.50. The van der Waals surface area contributed by atoms with Crippen molar-refractivity contribution in [3.05, 3.63) is 0 Å². The summed E-state index contributed by atoms with van der Waals surface area (Å²) in [6.45, 7) is 3.88. The summed E-state index contributed by atoms with van der Waals surface area (Å²) in [7, 11) is 0. The molecule has 0 aliphatic rings. The van der Waals surface area contributed by atoms with E-state index in [1.807, 2.05) is 0 Å². The third-order valence-corrected chi connectivity index (χ3v) is 2.56. The number of hydrogen-bond donors (Lipinski definition) is 3. The maximum absolute atomic E-state index is 10.8. The topological polar surface area (TPSA) is 69.6 Å². The maximum atomic E-state index is 10.8. The average molecular weight is 210 g/mol. The Hall–Kier alpha value is -0.320. The van der Waals surface area contributed by atoms with Gasteiger partial charge in [0, 0.05) is 6.61 Å². The molecule has 4 nitrogen and oxygen atoms in total. The van der Waals surface area contributed by atoms with Gasteiger partial charge in [-0.25, -0.2) is 4.79 Å². The highest BCUT2D eigenvalue weighted by Gasteiger charge is 2.38. The average Bonchev–Trinajstić information content (AvgIpc) is 2.03. The van der Waals surface area contributed by atoms with Crippen molar-refractivity contribution in [2.45, 2.75) is 25.3 Å². The van der Waals surface area contributed by atoms with Gasteiger partial charge in [-0.15, -0.1) is 0 Å². The van der Waals surface area contributed by atoms with E-state index < -0.39 is 11.0 Å². The van der Waals surface area contributed by atoms with Gasteiger partial charge in [0.2, 0.25) is 0 Å². The first kappa shape index (κ1) is 12.7. The molecule has 3 N–H and O–H groups in total. The number of halogens is 1. The molecule has 1 atom stereocenters. The van der Waals surface area contributed by atoms with Crippen molar-refractivity contribution in [3.63, 3.8) is 0 Å². The van der Waals surface area contributed by atoms with Crippen molar-refractivity contribution in [2.24, 2.45) is 5.92 Å². The lowest BCUT2D eigenvalue weighted by Crippen LogP contribution is -2.51. The Labute approximate surface area is 82.9 Å². The lowest BCUT2D eigenvalue weighted by molar-refractivity contribution is -0.142. The van der Waals surface area contributed by atoms with Crippen molar-refractivity contribution in [2.75, 3.05) is 13.2 Å². The molecule has 0 saturated heterocycles. The molecule has 0 fully saturated rings. The van der Waals surface area contributed by atoms with Gasteiger partial charge in [-0.3, -0.25) is 5.32 Å². The third-order valence-electron chi connectivity index (χ3n) is 1.82. The van der Waals surface area contributed by atoms with Crippen LogP contribution in [0.4, 0.5) is 0 Å². The van der Waals surface area contributed by atoms with Crippen LogP contribution < -0.4 is 5.32 Å². The van der Waals surface area contributed by atoms with Gasteiger partial charge in [-0.05, 0) is 18.9 Å². The summed E-state index contributed by atoms with van der Waals surface area (Å²) in [5.74, 6) is -1.30. The van der Waals surface area contributed by atoms with Crippen LogP contribution in [0.1, 0.15) is 20.3 Å². The van der Waals surface area contributed by atoms with E-state index in [2.05, 4.69) is 5.32 Å². The smallest absolute Gasteiger partial charge is 0.339 e. The van der Waals surface area contributed by atoms with Gasteiger partial charge in [0.25, 0.3) is 0 Å². The molecule has 5 heteroatoms. The summed E-state index contributed by atoms with van der Waals surface area (Å²) in [6.07, 6.45) is 0.495. The number of aliphatic hydroxyl groups is 1. The zero-order chi connectivity index (χ0) is 10.5. The first-order valence-electron chi connectivity index (χ1n) is 4.23. The van der Waals surface area contributed by atoms with Crippen molar-refractivity contribution in [1.82, 2.24) is 5.32 Å². The second-order valence-corrected chi connectivity index (χ2v) is 3.77. The predicted octanol–water partition coefficient (Wildman–Crippen LogP) is 0.634. The van der Waals surface area contributed by atoms with E-state index >= 15 is 0 Å². The minimum Gasteiger partial charge on any atom is -0.479 e. The molecule has 13 heavy (non-hydrogen) atoms. The van der Waals surface area contributed by atoms with Crippen LogP contribution in [0.15, 0.2) is 0 Å². The van der Waals surface area contributed by atoms with Gasteiger partial charge in [0.15, 0.2) is 5.00 Å². The molecule has 78 valence electrons. The van der Waals surface area contributed by atoms with Gasteiger partial charge in [-0.2, -0.15) is 0 Å². The Kier molecular flexibility index (Phi) is 5.29. The van der Waals surface area contributed by atoms with Crippen molar-refractivity contribution >= 4 is 17.6 Å². The van der Waals surface area contributed by atoms with E-state index in [-0.39, 0.29) is 12.5 Å². The van der Waals surface area contributed by atoms with Crippen LogP contribution in [0, 0.1) is 5.92 Å². The molecular weight excluding hydrogens is 194 g/mol. The van der Waals surface area contributed by atoms with E-state index in [1.165, 1.54) is 0 Å². The van der Waals surface area contributed by atoms with Crippen molar-refractivity contribution < 1.29 is 15.0 Å². The number of carbonyl (C=O) groups is 1. The van der Waals surface area contributed by atoms with E-state index in [0.717, 1.165) is 0 Å². The Balaban J connectivity index is 4.17. The zero-order valence-corrected chi connectivity index (χ0v) is 8.64. The summed E-state index contributed by atoms with van der Waals surface area (Å²) in [6, 6.07) is 0. The Morgan fingerprint density at radius 2 is 2.15 bits per heavy atom. The fraction of sp³-hybridized carbons (Fsp3) is 0.875. The van der Waals surface area contributed by atoms with Crippen molar-refractivity contribution in [3.8, 4) is 0 Å². The number of carboxylic acid groups (broad SMARTS) is 1. The fourth-order valence-corrected chi connectivity index (χ4v) is 0.971. The summed E-state index contributed by atoms with van der Waals surface area (Å²) in [5.41, 5.74) is 0. The molecule has 0 heterocycles. The first-order valence-corrected chi connectivity index (χ1v) is 4.61. The van der Waals surface area contributed by atoms with Crippen molar-refractivity contribution in [1.29, 1.82) is 0 Å². The molecule has 0 radical (unpaired) electrons. The lowest BCUT2D eigenvalue weighted by Gasteiger charge is -2.27. The second kappa shape index (κ2) is 5.42. The number of nitrogens with one attached hydrogen (secondary N) is 1. The Morgan fingerprint density at radius 1 is 1.62 bits per heavy atom. The number of rotatable bonds is 6. The van der Waals surface area contributed by atoms with Crippen LogP contribution >= 0.6 is 11.6 Å². The molecule has 0 aromatic rings. The zero-order valence-electron chi connectivity index (χ0n) is 7.88. The largest absolute Gasteiger partial charge is 0.479 e. The van der Waals surface area contributed by atoms with Crippen LogP contribution in [0.2, 0.25) is 0 Å². The highest BCUT2D eigenvalue weighted by atomic mass is 35.5.